The Balaban J connectivity index is 1.37. The maximum atomic E-state index is 13.1. The molecule has 35 heavy (non-hydrogen) atoms. The molecule has 2 aliphatic rings. The summed E-state index contributed by atoms with van der Waals surface area (Å²) in [5, 5.41) is 2.94. The van der Waals surface area contributed by atoms with Crippen molar-refractivity contribution in [1.29, 1.82) is 0 Å². The van der Waals surface area contributed by atoms with E-state index in [1.807, 2.05) is 13.0 Å². The first kappa shape index (κ1) is 22.6. The van der Waals surface area contributed by atoms with Gasteiger partial charge in [0.2, 0.25) is 0 Å². The summed E-state index contributed by atoms with van der Waals surface area (Å²) >= 11 is 0. The molecule has 0 saturated carbocycles. The summed E-state index contributed by atoms with van der Waals surface area (Å²) in [5.41, 5.74) is 1.85. The van der Waals surface area contributed by atoms with Gasteiger partial charge in [-0.05, 0) is 80.8 Å². The van der Waals surface area contributed by atoms with Crippen molar-refractivity contribution in [3.05, 3.63) is 77.5 Å². The van der Waals surface area contributed by atoms with Crippen LogP contribution in [0.3, 0.4) is 0 Å². The molecule has 3 aromatic rings. The molecule has 0 radical (unpaired) electrons. The highest BCUT2D eigenvalue weighted by molar-refractivity contribution is 6.34. The number of aromatic nitrogens is 1. The van der Waals surface area contributed by atoms with Crippen LogP contribution in [0.15, 0.2) is 60.8 Å². The molecule has 8 nitrogen and oxygen atoms in total. The van der Waals surface area contributed by atoms with Gasteiger partial charge in [0.25, 0.3) is 17.7 Å². The van der Waals surface area contributed by atoms with Gasteiger partial charge in [-0.1, -0.05) is 0 Å². The van der Waals surface area contributed by atoms with Crippen LogP contribution in [-0.2, 0) is 0 Å². The lowest BCUT2D eigenvalue weighted by molar-refractivity contribution is 0.0925. The molecular weight excluding hydrogens is 444 g/mol. The summed E-state index contributed by atoms with van der Waals surface area (Å²) in [6, 6.07) is 15.0. The fraction of sp³-hybridized carbons (Fsp3) is 0.259. The molecule has 5 rings (SSSR count). The minimum Gasteiger partial charge on any atom is -0.494 e. The summed E-state index contributed by atoms with van der Waals surface area (Å²) < 4.78 is 5.44. The van der Waals surface area contributed by atoms with Gasteiger partial charge in [-0.2, -0.15) is 0 Å². The van der Waals surface area contributed by atoms with Crippen LogP contribution < -0.4 is 19.9 Å². The number of carbonyl (C=O) groups excluding carboxylic acids is 3. The number of fused-ring (bicyclic) bond motifs is 1. The smallest absolute Gasteiger partial charge is 0.266 e. The Hall–Kier alpha value is -4.20. The lowest BCUT2D eigenvalue weighted by Gasteiger charge is -2.29. The monoisotopic (exact) mass is 470 g/mol. The number of carbonyl (C=O) groups is 3. The first-order valence-corrected chi connectivity index (χ1v) is 11.8. The van der Waals surface area contributed by atoms with Gasteiger partial charge in [0.05, 0.1) is 29.1 Å². The Morgan fingerprint density at radius 1 is 0.971 bits per heavy atom. The molecule has 0 spiro atoms. The molecular formula is C27H26N4O4. The zero-order valence-corrected chi connectivity index (χ0v) is 19.5. The van der Waals surface area contributed by atoms with Crippen molar-refractivity contribution in [2.75, 3.05) is 34.8 Å². The van der Waals surface area contributed by atoms with Gasteiger partial charge in [-0.3, -0.25) is 14.4 Å². The van der Waals surface area contributed by atoms with Gasteiger partial charge >= 0.3 is 0 Å². The SMILES string of the molecule is CCOc1ccc(N2C(=O)c3ccc(C(=O)Nc4cccnc4N4CCCCC4)cc3C2=O)cc1. The van der Waals surface area contributed by atoms with E-state index in [4.69, 9.17) is 4.74 Å². The number of anilines is 3. The van der Waals surface area contributed by atoms with Gasteiger partial charge in [0.1, 0.15) is 5.75 Å². The van der Waals surface area contributed by atoms with E-state index in [0.29, 0.717) is 29.3 Å². The minimum atomic E-state index is -0.459. The van der Waals surface area contributed by atoms with E-state index >= 15 is 0 Å². The van der Waals surface area contributed by atoms with Gasteiger partial charge < -0.3 is 15.0 Å². The number of hydrogen-bond acceptors (Lipinski definition) is 6. The van der Waals surface area contributed by atoms with Crippen molar-refractivity contribution in [2.45, 2.75) is 26.2 Å². The Labute approximate surface area is 203 Å². The van der Waals surface area contributed by atoms with Crippen molar-refractivity contribution in [3.8, 4) is 5.75 Å². The van der Waals surface area contributed by atoms with Crippen LogP contribution in [0, 0.1) is 0 Å². The van der Waals surface area contributed by atoms with Crippen molar-refractivity contribution >= 4 is 34.9 Å². The van der Waals surface area contributed by atoms with E-state index < -0.39 is 11.8 Å². The Bertz CT molecular complexity index is 1280. The molecule has 3 heterocycles. The molecule has 2 aliphatic heterocycles. The zero-order valence-electron chi connectivity index (χ0n) is 19.5. The fourth-order valence-electron chi connectivity index (χ4n) is 4.52. The molecule has 0 bridgehead atoms. The summed E-state index contributed by atoms with van der Waals surface area (Å²) in [7, 11) is 0. The summed E-state index contributed by atoms with van der Waals surface area (Å²) in [6.45, 7) is 4.21. The maximum Gasteiger partial charge on any atom is 0.266 e. The van der Waals surface area contributed by atoms with Crippen LogP contribution in [0.1, 0.15) is 57.3 Å². The van der Waals surface area contributed by atoms with E-state index in [-0.39, 0.29) is 17.0 Å². The molecule has 1 aromatic heterocycles. The van der Waals surface area contributed by atoms with Gasteiger partial charge in [-0.25, -0.2) is 9.88 Å². The molecule has 2 aromatic carbocycles. The van der Waals surface area contributed by atoms with E-state index in [9.17, 15) is 14.4 Å². The Kier molecular flexibility index (Phi) is 6.18. The summed E-state index contributed by atoms with van der Waals surface area (Å²) in [6.07, 6.45) is 5.10. The maximum absolute atomic E-state index is 13.1. The number of hydrogen-bond donors (Lipinski definition) is 1. The number of imide groups is 1. The molecule has 178 valence electrons. The van der Waals surface area contributed by atoms with Crippen LogP contribution in [0.2, 0.25) is 0 Å². The Morgan fingerprint density at radius 2 is 1.71 bits per heavy atom. The van der Waals surface area contributed by atoms with Crippen molar-refractivity contribution in [2.24, 2.45) is 0 Å². The quantitative estimate of drug-likeness (QED) is 0.533. The predicted molar refractivity (Wildman–Crippen MR) is 133 cm³/mol. The normalized spacial score (nSPS) is 15.2. The van der Waals surface area contributed by atoms with Gasteiger partial charge in [-0.15, -0.1) is 0 Å². The van der Waals surface area contributed by atoms with Crippen LogP contribution in [0.4, 0.5) is 17.2 Å². The van der Waals surface area contributed by atoms with Crippen LogP contribution in [-0.4, -0.2) is 42.4 Å². The third-order valence-electron chi connectivity index (χ3n) is 6.25. The van der Waals surface area contributed by atoms with E-state index in [1.165, 1.54) is 18.6 Å². The average molecular weight is 471 g/mol. The van der Waals surface area contributed by atoms with E-state index in [1.54, 1.807) is 42.6 Å². The number of ether oxygens (including phenoxy) is 1. The van der Waals surface area contributed by atoms with Crippen molar-refractivity contribution < 1.29 is 19.1 Å². The Morgan fingerprint density at radius 3 is 2.46 bits per heavy atom. The zero-order chi connectivity index (χ0) is 24.4. The summed E-state index contributed by atoms with van der Waals surface area (Å²) in [4.78, 5) is 47.0. The van der Waals surface area contributed by atoms with Crippen LogP contribution >= 0.6 is 0 Å². The highest BCUT2D eigenvalue weighted by atomic mass is 16.5. The fourth-order valence-corrected chi connectivity index (χ4v) is 4.52. The van der Waals surface area contributed by atoms with Crippen LogP contribution in [0.5, 0.6) is 5.75 Å². The highest BCUT2D eigenvalue weighted by Gasteiger charge is 2.37. The highest BCUT2D eigenvalue weighted by Crippen LogP contribution is 2.31. The first-order valence-electron chi connectivity index (χ1n) is 11.8. The second-order valence-corrected chi connectivity index (χ2v) is 8.51. The average Bonchev–Trinajstić information content (AvgIpc) is 3.15. The number of piperidine rings is 1. The molecule has 1 N–H and O–H groups in total. The molecule has 8 heteroatoms. The minimum absolute atomic E-state index is 0.207. The molecule has 0 aliphatic carbocycles. The molecule has 0 atom stereocenters. The second-order valence-electron chi connectivity index (χ2n) is 8.51. The third-order valence-corrected chi connectivity index (χ3v) is 6.25. The topological polar surface area (TPSA) is 91.8 Å². The van der Waals surface area contributed by atoms with E-state index in [0.717, 1.165) is 36.6 Å². The number of rotatable bonds is 6. The van der Waals surface area contributed by atoms with Gasteiger partial charge in [0, 0.05) is 24.8 Å². The number of pyridine rings is 1. The van der Waals surface area contributed by atoms with Gasteiger partial charge in [0.15, 0.2) is 5.82 Å². The van der Waals surface area contributed by atoms with E-state index in [2.05, 4.69) is 15.2 Å². The second kappa shape index (κ2) is 9.58. The molecule has 0 unspecified atom stereocenters. The van der Waals surface area contributed by atoms with Crippen molar-refractivity contribution in [1.82, 2.24) is 4.98 Å². The standard InChI is InChI=1S/C27H26N4O4/c1-2-35-20-11-9-19(10-12-20)31-26(33)21-13-8-18(17-22(21)27(31)34)25(32)29-23-7-6-14-28-24(23)30-15-4-3-5-16-30/h6-14,17H,2-5,15-16H2,1H3,(H,29,32). The van der Waals surface area contributed by atoms with Crippen LogP contribution in [0.25, 0.3) is 0 Å². The lowest BCUT2D eigenvalue weighted by atomic mass is 10.1. The summed E-state index contributed by atoms with van der Waals surface area (Å²) in [5.74, 6) is 0.166. The number of benzene rings is 2. The number of nitrogens with one attached hydrogen (secondary N) is 1. The molecule has 1 fully saturated rings. The largest absolute Gasteiger partial charge is 0.494 e. The lowest BCUT2D eigenvalue weighted by Crippen LogP contribution is -2.31. The number of amides is 3. The molecule has 3 amide bonds. The third kappa shape index (κ3) is 4.35. The molecule has 1 saturated heterocycles. The predicted octanol–water partition coefficient (Wildman–Crippen LogP) is 4.52. The first-order chi connectivity index (χ1) is 17.1. The van der Waals surface area contributed by atoms with Crippen molar-refractivity contribution in [3.63, 3.8) is 0 Å². The number of nitrogens with zero attached hydrogens (tertiary/aromatic N) is 3.